The van der Waals surface area contributed by atoms with E-state index in [0.29, 0.717) is 61.9 Å². The maximum atomic E-state index is 14.2. The summed E-state index contributed by atoms with van der Waals surface area (Å²) in [4.78, 5) is 6.72. The number of rotatable bonds is 8. The summed E-state index contributed by atoms with van der Waals surface area (Å²) in [5, 5.41) is 23.8. The van der Waals surface area contributed by atoms with E-state index >= 15 is 0 Å². The van der Waals surface area contributed by atoms with Gasteiger partial charge in [-0.1, -0.05) is 109 Å². The summed E-state index contributed by atoms with van der Waals surface area (Å²) in [7, 11) is 0. The Bertz CT molecular complexity index is 1640. The van der Waals surface area contributed by atoms with Crippen molar-refractivity contribution in [2.24, 2.45) is 15.5 Å². The molecule has 3 aliphatic rings. The predicted molar refractivity (Wildman–Crippen MR) is 247 cm³/mol. The van der Waals surface area contributed by atoms with Crippen molar-refractivity contribution in [3.63, 3.8) is 0 Å². The van der Waals surface area contributed by atoms with Gasteiger partial charge < -0.3 is 54.0 Å². The SMILES string of the molecule is C1COCC[NH+]2CCOCCOCC[NH+](CCO1)CCOCCOCC2.CC(C)c1cccc(C(C)C)c1N=C(/C=C(\[N-]c1c(C(C)C)cccc1C(C)C)C(F)(F)F)C(F)(F)F.[K+].[Ni+2].[O-]/N=N\[O-]. The summed E-state index contributed by atoms with van der Waals surface area (Å²) >= 11 is 0. The van der Waals surface area contributed by atoms with Crippen LogP contribution in [0.3, 0.4) is 0 Å². The van der Waals surface area contributed by atoms with E-state index in [-0.39, 0.29) is 109 Å². The zero-order valence-corrected chi connectivity index (χ0v) is 45.8. The Hall–Kier alpha value is -1.76. The van der Waals surface area contributed by atoms with Crippen molar-refractivity contribution in [2.75, 3.05) is 119 Å². The third-order valence-corrected chi connectivity index (χ3v) is 10.8. The van der Waals surface area contributed by atoms with Crippen LogP contribution in [0.4, 0.5) is 37.7 Å². The molecule has 3 aliphatic heterocycles. The molecule has 0 unspecified atom stereocenters. The van der Waals surface area contributed by atoms with Gasteiger partial charge >= 0.3 is 80.2 Å². The number of nitrogens with one attached hydrogen (secondary N) is 2. The van der Waals surface area contributed by atoms with Crippen molar-refractivity contribution in [3.05, 3.63) is 86.2 Å². The Kier molecular flexibility index (Phi) is 36.1. The summed E-state index contributed by atoms with van der Waals surface area (Å²) in [6.45, 7) is 28.5. The van der Waals surface area contributed by atoms with Crippen molar-refractivity contribution in [1.29, 1.82) is 0 Å². The summed E-state index contributed by atoms with van der Waals surface area (Å²) in [6, 6.07) is 10.0. The number of alkyl halides is 6. The summed E-state index contributed by atoms with van der Waals surface area (Å²) < 4.78 is 119. The zero-order chi connectivity index (χ0) is 49.8. The smallest absolute Gasteiger partial charge is 0.775 e. The minimum atomic E-state index is -5.14. The van der Waals surface area contributed by atoms with Crippen LogP contribution in [0.5, 0.6) is 0 Å². The van der Waals surface area contributed by atoms with Crippen LogP contribution < -0.4 is 61.2 Å². The molecule has 2 aromatic rings. The molecule has 0 aromatic heterocycles. The second-order valence-corrected chi connectivity index (χ2v) is 17.2. The Morgan fingerprint density at radius 2 is 0.812 bits per heavy atom. The third kappa shape index (κ3) is 27.2. The van der Waals surface area contributed by atoms with Crippen molar-refractivity contribution in [3.8, 4) is 0 Å². The first-order chi connectivity index (χ1) is 31.8. The van der Waals surface area contributed by atoms with Gasteiger partial charge in [-0.15, -0.1) is 5.69 Å². The summed E-state index contributed by atoms with van der Waals surface area (Å²) in [6.07, 6.45) is -10.2. The van der Waals surface area contributed by atoms with Crippen molar-refractivity contribution in [2.45, 2.75) is 91.4 Å². The Morgan fingerprint density at radius 1 is 0.522 bits per heavy atom. The molecule has 0 aliphatic carbocycles. The number of aliphatic imine (C=N–C) groups is 1. The number of hydrogen-bond donors (Lipinski definition) is 2. The monoisotopic (exact) mass is 1060 g/mol. The predicted octanol–water partition coefficient (Wildman–Crippen LogP) is 5.29. The second-order valence-electron chi connectivity index (χ2n) is 17.2. The average molecular weight is 1060 g/mol. The number of hydrogen-bond acceptors (Lipinski definition) is 11. The largest absolute Gasteiger partial charge is 2.00 e. The van der Waals surface area contributed by atoms with E-state index in [1.165, 1.54) is 9.80 Å². The van der Waals surface area contributed by atoms with Gasteiger partial charge in [-0.2, -0.15) is 26.3 Å². The Labute approximate surface area is 457 Å². The molecule has 2 aromatic carbocycles. The molecule has 0 radical (unpaired) electrons. The van der Waals surface area contributed by atoms with Gasteiger partial charge in [-0.25, -0.2) is 15.5 Å². The van der Waals surface area contributed by atoms with Gasteiger partial charge in [0.2, 0.25) is 0 Å². The van der Waals surface area contributed by atoms with Crippen LogP contribution in [0.2, 0.25) is 0 Å². The number of quaternary nitrogens is 2. The van der Waals surface area contributed by atoms with Crippen molar-refractivity contribution >= 4 is 17.1 Å². The molecule has 2 bridgehead atoms. The van der Waals surface area contributed by atoms with Crippen LogP contribution in [0.1, 0.15) is 101 Å². The fourth-order valence-electron chi connectivity index (χ4n) is 7.02. The standard InChI is InChI=1S/C29H35F6N2.C18H36N2O6.K.H2N2O2.Ni/c1-16(2)20-11-9-12-21(17(3)4)26(20)36-24(28(30,31)32)15-25(29(33,34)35)37-27-22(18(5)6)13-10-14-23(27)19(7)8;1-7-21-13-14-24-10-4-20-5-11-25-17-15-22-8-2-19(1)3-9-23-16-18-26-12-6-20;;3-1-2-4;/h9-19H,1-8H3;1-18H2;;(H,1,4)(H,2,3);/q-1;;+1;;+2/b24-15-,37-25?;;;;. The molecule has 0 atom stereocenters. The second kappa shape index (κ2) is 37.0. The van der Waals surface area contributed by atoms with E-state index in [0.717, 1.165) is 78.9 Å². The van der Waals surface area contributed by atoms with E-state index in [2.05, 4.69) is 10.3 Å². The van der Waals surface area contributed by atoms with Gasteiger partial charge in [-0.05, 0) is 40.9 Å². The van der Waals surface area contributed by atoms with Gasteiger partial charge in [0.15, 0.2) is 0 Å². The molecule has 3 fully saturated rings. The molecule has 0 saturated carbocycles. The van der Waals surface area contributed by atoms with Crippen LogP contribution in [-0.2, 0) is 44.9 Å². The molecule has 3 saturated heterocycles. The number of halogens is 6. The van der Waals surface area contributed by atoms with Crippen molar-refractivity contribution in [1.82, 2.24) is 0 Å². The van der Waals surface area contributed by atoms with Crippen LogP contribution in [-0.4, -0.2) is 137 Å². The Morgan fingerprint density at radius 3 is 1.06 bits per heavy atom. The molecule has 3 heterocycles. The third-order valence-electron chi connectivity index (χ3n) is 10.8. The average Bonchev–Trinajstić information content (AvgIpc) is 3.26. The van der Waals surface area contributed by atoms with E-state index < -0.39 is 23.8 Å². The fraction of sp³-hybridized carbons (Fsp3) is 0.681. The number of fused-ring (bicyclic) bond motifs is 21. The Balaban J connectivity index is 0.00000127. The number of ether oxygens (including phenoxy) is 6. The van der Waals surface area contributed by atoms with E-state index in [4.69, 9.17) is 38.8 Å². The first-order valence-corrected chi connectivity index (χ1v) is 23.0. The summed E-state index contributed by atoms with van der Waals surface area (Å²) in [5.74, 6) is -0.744. The molecule has 0 amide bonds. The minimum Gasteiger partial charge on any atom is -0.775 e. The molecule has 69 heavy (non-hydrogen) atoms. The molecule has 390 valence electrons. The molecule has 2 N–H and O–H groups in total. The number of benzene rings is 2. The number of para-hydroxylation sites is 2. The zero-order valence-electron chi connectivity index (χ0n) is 41.7. The van der Waals surface area contributed by atoms with E-state index in [1.807, 2.05) is 0 Å². The molecule has 5 rings (SSSR count). The van der Waals surface area contributed by atoms with Gasteiger partial charge in [0, 0.05) is 0 Å². The maximum absolute atomic E-state index is 14.2. The van der Waals surface area contributed by atoms with Crippen LogP contribution in [0.15, 0.2) is 63.7 Å². The molecule has 22 heteroatoms. The molecular weight excluding hydrogens is 988 g/mol. The molecular formula is C47H73F6KN6NiO8+2. The van der Waals surface area contributed by atoms with Gasteiger partial charge in [-0.3, -0.25) is 0 Å². The van der Waals surface area contributed by atoms with E-state index in [1.54, 1.807) is 102 Å². The first kappa shape index (κ1) is 67.2. The fourth-order valence-corrected chi connectivity index (χ4v) is 7.02. The first-order valence-electron chi connectivity index (χ1n) is 23.0. The van der Waals surface area contributed by atoms with Gasteiger partial charge in [0.25, 0.3) is 0 Å². The molecule has 14 nitrogen and oxygen atoms in total. The normalized spacial score (nSPS) is 19.4. The van der Waals surface area contributed by atoms with E-state index in [9.17, 15) is 26.3 Å². The minimum absolute atomic E-state index is 0. The summed E-state index contributed by atoms with van der Waals surface area (Å²) in [5.41, 5.74) is -1.10. The number of nitrogens with zero attached hydrogens (tertiary/aromatic N) is 4. The quantitative estimate of drug-likeness (QED) is 0.119. The maximum Gasteiger partial charge on any atom is 2.00 e. The van der Waals surface area contributed by atoms with Crippen LogP contribution >= 0.6 is 0 Å². The van der Waals surface area contributed by atoms with Gasteiger partial charge in [0.05, 0.1) is 85.0 Å². The van der Waals surface area contributed by atoms with Gasteiger partial charge in [0.1, 0.15) is 45.0 Å². The topological polar surface area (TPSA) is 162 Å². The van der Waals surface area contributed by atoms with Crippen LogP contribution in [0, 0.1) is 10.4 Å². The van der Waals surface area contributed by atoms with Crippen molar-refractivity contribution < 1.29 is 132 Å². The number of allylic oxidation sites excluding steroid dienone is 2. The molecule has 0 spiro atoms. The van der Waals surface area contributed by atoms with Crippen LogP contribution in [0.25, 0.3) is 5.32 Å².